The molecule has 6 heteroatoms. The van der Waals surface area contributed by atoms with Crippen LogP contribution in [0.5, 0.6) is 0 Å². The van der Waals surface area contributed by atoms with Crippen LogP contribution in [0.1, 0.15) is 36.7 Å². The van der Waals surface area contributed by atoms with E-state index in [1.807, 2.05) is 0 Å². The largest absolute Gasteiger partial charge is 0.467 e. The molecule has 0 saturated carbocycles. The number of aliphatic hydroxyl groups excluding tert-OH is 1. The number of rotatable bonds is 5. The fourth-order valence-electron chi connectivity index (χ4n) is 3.19. The summed E-state index contributed by atoms with van der Waals surface area (Å²) in [4.78, 5) is 14.2. The van der Waals surface area contributed by atoms with Gasteiger partial charge < -0.3 is 14.4 Å². The Kier molecular flexibility index (Phi) is 4.94. The molecule has 3 rings (SSSR count). The minimum Gasteiger partial charge on any atom is -0.467 e. The summed E-state index contributed by atoms with van der Waals surface area (Å²) in [5, 5.41) is 10.2. The highest BCUT2D eigenvalue weighted by molar-refractivity contribution is 5.79. The lowest BCUT2D eigenvalue weighted by Gasteiger charge is -2.26. The zero-order chi connectivity index (χ0) is 17.1. The summed E-state index contributed by atoms with van der Waals surface area (Å²) in [5.41, 5.74) is 0.441. The number of nitrogens with zero attached hydrogens (tertiary/aromatic N) is 1. The Bertz CT molecular complexity index is 702. The molecule has 1 N–H and O–H groups in total. The number of benzene rings is 1. The molecule has 24 heavy (non-hydrogen) atoms. The number of hydrogen-bond acceptors (Lipinski definition) is 3. The third-order valence-corrected chi connectivity index (χ3v) is 4.40. The van der Waals surface area contributed by atoms with Crippen LogP contribution in [0.4, 0.5) is 8.78 Å². The summed E-state index contributed by atoms with van der Waals surface area (Å²) in [6.45, 7) is 0.609. The summed E-state index contributed by atoms with van der Waals surface area (Å²) >= 11 is 0. The molecular weight excluding hydrogens is 316 g/mol. The maximum Gasteiger partial charge on any atom is 0.227 e. The molecule has 2 unspecified atom stereocenters. The van der Waals surface area contributed by atoms with Gasteiger partial charge >= 0.3 is 0 Å². The molecule has 2 atom stereocenters. The molecule has 1 aliphatic rings. The maximum atomic E-state index is 13.3. The second kappa shape index (κ2) is 7.13. The normalized spacial score (nSPS) is 18.8. The van der Waals surface area contributed by atoms with Crippen molar-refractivity contribution in [1.82, 2.24) is 4.90 Å². The molecule has 128 valence electrons. The Morgan fingerprint density at radius 2 is 2.17 bits per heavy atom. The van der Waals surface area contributed by atoms with Crippen molar-refractivity contribution in [3.05, 3.63) is 59.6 Å². The van der Waals surface area contributed by atoms with Crippen LogP contribution in [0, 0.1) is 11.6 Å². The predicted octanol–water partition coefficient (Wildman–Crippen LogP) is 3.22. The van der Waals surface area contributed by atoms with E-state index in [1.54, 1.807) is 17.0 Å². The Labute approximate surface area is 138 Å². The van der Waals surface area contributed by atoms with Crippen molar-refractivity contribution >= 4 is 5.91 Å². The van der Waals surface area contributed by atoms with Crippen LogP contribution in [-0.2, 0) is 11.2 Å². The van der Waals surface area contributed by atoms with Gasteiger partial charge in [-0.15, -0.1) is 0 Å². The van der Waals surface area contributed by atoms with E-state index in [0.29, 0.717) is 24.3 Å². The van der Waals surface area contributed by atoms with E-state index in [4.69, 9.17) is 4.42 Å². The number of carbonyl (C=O) groups excluding carboxylic acids is 1. The average molecular weight is 335 g/mol. The summed E-state index contributed by atoms with van der Waals surface area (Å²) in [6, 6.07) is 6.82. The average Bonchev–Trinajstić information content (AvgIpc) is 3.22. The summed E-state index contributed by atoms with van der Waals surface area (Å²) in [5.74, 6) is -1.54. The number of furan rings is 1. The van der Waals surface area contributed by atoms with Crippen molar-refractivity contribution in [2.45, 2.75) is 37.8 Å². The van der Waals surface area contributed by atoms with Crippen molar-refractivity contribution in [2.24, 2.45) is 0 Å². The number of aliphatic hydroxyl groups is 1. The zero-order valence-corrected chi connectivity index (χ0v) is 13.1. The van der Waals surface area contributed by atoms with Crippen molar-refractivity contribution in [1.29, 1.82) is 0 Å². The molecule has 1 saturated heterocycles. The lowest BCUT2D eigenvalue weighted by molar-refractivity contribution is -0.131. The van der Waals surface area contributed by atoms with Gasteiger partial charge in [0.2, 0.25) is 5.91 Å². The van der Waals surface area contributed by atoms with Crippen LogP contribution in [0.2, 0.25) is 0 Å². The molecule has 1 aromatic heterocycles. The van der Waals surface area contributed by atoms with Crippen LogP contribution < -0.4 is 0 Å². The van der Waals surface area contributed by atoms with Gasteiger partial charge in [-0.25, -0.2) is 8.78 Å². The second-order valence-corrected chi connectivity index (χ2v) is 6.08. The number of carbonyl (C=O) groups is 1. The van der Waals surface area contributed by atoms with Gasteiger partial charge in [0.05, 0.1) is 12.7 Å². The minimum atomic E-state index is -0.952. The molecule has 0 radical (unpaired) electrons. The molecule has 2 heterocycles. The number of hydrogen-bond donors (Lipinski definition) is 1. The number of halogens is 2. The Balaban J connectivity index is 1.63. The van der Waals surface area contributed by atoms with Crippen LogP contribution in [0.15, 0.2) is 41.0 Å². The van der Waals surface area contributed by atoms with Crippen LogP contribution in [-0.4, -0.2) is 28.5 Å². The van der Waals surface area contributed by atoms with Gasteiger partial charge in [0.25, 0.3) is 0 Å². The Morgan fingerprint density at radius 1 is 1.33 bits per heavy atom. The van der Waals surface area contributed by atoms with Crippen molar-refractivity contribution < 1.29 is 23.1 Å². The zero-order valence-electron chi connectivity index (χ0n) is 13.1. The van der Waals surface area contributed by atoms with Crippen molar-refractivity contribution in [3.63, 3.8) is 0 Å². The third kappa shape index (κ3) is 3.64. The van der Waals surface area contributed by atoms with Crippen LogP contribution in [0.25, 0.3) is 0 Å². The van der Waals surface area contributed by atoms with Crippen LogP contribution in [0.3, 0.4) is 0 Å². The van der Waals surface area contributed by atoms with Gasteiger partial charge in [-0.05, 0) is 42.7 Å². The first kappa shape index (κ1) is 16.6. The lowest BCUT2D eigenvalue weighted by atomic mass is 10.0. The van der Waals surface area contributed by atoms with Crippen molar-refractivity contribution in [2.75, 3.05) is 6.54 Å². The van der Waals surface area contributed by atoms with E-state index in [2.05, 4.69) is 0 Å². The highest BCUT2D eigenvalue weighted by Crippen LogP contribution is 2.28. The molecular formula is C18H19F2NO3. The van der Waals surface area contributed by atoms with E-state index in [0.717, 1.165) is 25.0 Å². The predicted molar refractivity (Wildman–Crippen MR) is 83.1 cm³/mol. The highest BCUT2D eigenvalue weighted by Gasteiger charge is 2.31. The maximum absolute atomic E-state index is 13.3. The van der Waals surface area contributed by atoms with E-state index in [-0.39, 0.29) is 18.4 Å². The quantitative estimate of drug-likeness (QED) is 0.913. The molecule has 2 aromatic rings. The number of amides is 1. The SMILES string of the molecule is O=C(Cc1ccc(F)c(F)c1)N1CCCC1CC(O)c1ccco1. The topological polar surface area (TPSA) is 53.7 Å². The molecule has 4 nitrogen and oxygen atoms in total. The molecule has 1 amide bonds. The number of likely N-dealkylation sites (tertiary alicyclic amines) is 1. The first-order chi connectivity index (χ1) is 11.5. The minimum absolute atomic E-state index is 0.0184. The molecule has 0 bridgehead atoms. The standard InChI is InChI=1S/C18H19F2NO3/c19-14-6-5-12(9-15(14)20)10-18(23)21-7-1-3-13(21)11-16(22)17-4-2-8-24-17/h2,4-6,8-9,13,16,22H,1,3,7,10-11H2. The summed E-state index contributed by atoms with van der Waals surface area (Å²) < 4.78 is 31.4. The van der Waals surface area contributed by atoms with Crippen molar-refractivity contribution in [3.8, 4) is 0 Å². The van der Waals surface area contributed by atoms with Gasteiger partial charge in [0, 0.05) is 19.0 Å². The molecule has 0 spiro atoms. The second-order valence-electron chi connectivity index (χ2n) is 6.08. The lowest BCUT2D eigenvalue weighted by Crippen LogP contribution is -2.37. The van der Waals surface area contributed by atoms with E-state index >= 15 is 0 Å². The van der Waals surface area contributed by atoms with Gasteiger partial charge in [0.15, 0.2) is 11.6 Å². The third-order valence-electron chi connectivity index (χ3n) is 4.40. The fourth-order valence-corrected chi connectivity index (χ4v) is 3.19. The highest BCUT2D eigenvalue weighted by atomic mass is 19.2. The molecule has 0 aliphatic carbocycles. The summed E-state index contributed by atoms with van der Waals surface area (Å²) in [7, 11) is 0. The van der Waals surface area contributed by atoms with Crippen LogP contribution >= 0.6 is 0 Å². The van der Waals surface area contributed by atoms with Gasteiger partial charge in [-0.3, -0.25) is 4.79 Å². The van der Waals surface area contributed by atoms with E-state index in [1.165, 1.54) is 12.3 Å². The van der Waals surface area contributed by atoms with Gasteiger partial charge in [-0.2, -0.15) is 0 Å². The smallest absolute Gasteiger partial charge is 0.227 e. The fraction of sp³-hybridized carbons (Fsp3) is 0.389. The van der Waals surface area contributed by atoms with E-state index < -0.39 is 17.7 Å². The Morgan fingerprint density at radius 3 is 2.88 bits per heavy atom. The Hall–Kier alpha value is -2.21. The molecule has 1 aromatic carbocycles. The van der Waals surface area contributed by atoms with Gasteiger partial charge in [0.1, 0.15) is 11.9 Å². The monoisotopic (exact) mass is 335 g/mol. The summed E-state index contributed by atoms with van der Waals surface area (Å²) in [6.07, 6.45) is 2.82. The molecule has 1 fully saturated rings. The molecule has 1 aliphatic heterocycles. The van der Waals surface area contributed by atoms with E-state index in [9.17, 15) is 18.7 Å². The first-order valence-corrected chi connectivity index (χ1v) is 7.99. The first-order valence-electron chi connectivity index (χ1n) is 7.99. The van der Waals surface area contributed by atoms with Gasteiger partial charge in [-0.1, -0.05) is 6.07 Å².